The van der Waals surface area contributed by atoms with Gasteiger partial charge in [-0.1, -0.05) is 0 Å². The van der Waals surface area contributed by atoms with Crippen molar-refractivity contribution in [2.75, 3.05) is 5.73 Å². The Morgan fingerprint density at radius 2 is 1.62 bits per heavy atom. The van der Waals surface area contributed by atoms with E-state index in [1.54, 1.807) is 12.3 Å². The normalized spacial score (nSPS) is 10.3. The number of aromatic amines is 1. The van der Waals surface area contributed by atoms with Crippen molar-refractivity contribution in [3.8, 4) is 0 Å². The molecule has 3 aromatic rings. The summed E-state index contributed by atoms with van der Waals surface area (Å²) >= 11 is 3.13. The number of hydrogen-bond donors (Lipinski definition) is 2. The van der Waals surface area contributed by atoms with Gasteiger partial charge in [-0.15, -0.1) is 0 Å². The fraction of sp³-hybridized carbons (Fsp3) is 0.125. The van der Waals surface area contributed by atoms with E-state index in [9.17, 15) is 8.78 Å². The van der Waals surface area contributed by atoms with Crippen LogP contribution in [0.5, 0.6) is 0 Å². The average Bonchev–Trinajstić information content (AvgIpc) is 2.85. The molecular formula is C16H15BrF2N2. The first-order valence-corrected chi connectivity index (χ1v) is 7.12. The van der Waals surface area contributed by atoms with E-state index in [0.29, 0.717) is 9.99 Å². The fourth-order valence-electron chi connectivity index (χ4n) is 1.98. The standard InChI is InChI=1S/C9H8FN.C7H7BrFN/c1-6-4-7-2-3-11-9(7)8(10)5-6;1-4-2-5(8)7(10)6(9)3-4/h2-5,11H,1H3;2-3H,10H2,1H3. The molecule has 1 heterocycles. The van der Waals surface area contributed by atoms with Crippen LogP contribution in [0, 0.1) is 25.5 Å². The number of halogens is 3. The summed E-state index contributed by atoms with van der Waals surface area (Å²) in [6.07, 6.45) is 1.74. The Morgan fingerprint density at radius 1 is 1.00 bits per heavy atom. The van der Waals surface area contributed by atoms with E-state index >= 15 is 0 Å². The van der Waals surface area contributed by atoms with Gasteiger partial charge in [0.15, 0.2) is 0 Å². The highest BCUT2D eigenvalue weighted by Crippen LogP contribution is 2.23. The van der Waals surface area contributed by atoms with Crippen molar-refractivity contribution < 1.29 is 8.78 Å². The third-order valence-corrected chi connectivity index (χ3v) is 3.64. The van der Waals surface area contributed by atoms with Crippen LogP contribution in [0.3, 0.4) is 0 Å². The molecular weight excluding hydrogens is 338 g/mol. The van der Waals surface area contributed by atoms with Crippen molar-refractivity contribution >= 4 is 32.5 Å². The summed E-state index contributed by atoms with van der Waals surface area (Å²) in [5.74, 6) is -0.545. The van der Waals surface area contributed by atoms with Crippen molar-refractivity contribution in [1.29, 1.82) is 0 Å². The molecule has 5 heteroatoms. The van der Waals surface area contributed by atoms with Gasteiger partial charge in [0.2, 0.25) is 0 Å². The summed E-state index contributed by atoms with van der Waals surface area (Å²) in [6, 6.07) is 8.53. The molecule has 0 aliphatic heterocycles. The molecule has 0 amide bonds. The number of nitrogen functional groups attached to an aromatic ring is 1. The summed E-state index contributed by atoms with van der Waals surface area (Å²) in [7, 11) is 0. The summed E-state index contributed by atoms with van der Waals surface area (Å²) < 4.78 is 26.4. The molecule has 2 aromatic carbocycles. The van der Waals surface area contributed by atoms with Gasteiger partial charge in [-0.25, -0.2) is 8.78 Å². The van der Waals surface area contributed by atoms with Gasteiger partial charge in [0.1, 0.15) is 11.6 Å². The van der Waals surface area contributed by atoms with Crippen LogP contribution in [0.25, 0.3) is 10.9 Å². The number of nitrogens with two attached hydrogens (primary N) is 1. The lowest BCUT2D eigenvalue weighted by Gasteiger charge is -2.00. The first kappa shape index (κ1) is 15.5. The average molecular weight is 353 g/mol. The lowest BCUT2D eigenvalue weighted by molar-refractivity contribution is 0.630. The highest BCUT2D eigenvalue weighted by molar-refractivity contribution is 9.10. The Hall–Kier alpha value is -1.88. The van der Waals surface area contributed by atoms with Gasteiger partial charge in [0.25, 0.3) is 0 Å². The van der Waals surface area contributed by atoms with Crippen LogP contribution in [-0.4, -0.2) is 4.98 Å². The third kappa shape index (κ3) is 3.61. The lowest BCUT2D eigenvalue weighted by Crippen LogP contribution is -1.92. The zero-order chi connectivity index (χ0) is 15.6. The van der Waals surface area contributed by atoms with E-state index < -0.39 is 0 Å². The van der Waals surface area contributed by atoms with E-state index in [1.165, 1.54) is 12.1 Å². The van der Waals surface area contributed by atoms with Gasteiger partial charge in [-0.3, -0.25) is 0 Å². The number of aromatic nitrogens is 1. The van der Waals surface area contributed by atoms with E-state index in [2.05, 4.69) is 20.9 Å². The molecule has 21 heavy (non-hydrogen) atoms. The molecule has 0 bridgehead atoms. The minimum absolute atomic E-state index is 0.172. The second kappa shape index (κ2) is 6.26. The van der Waals surface area contributed by atoms with E-state index in [1.807, 2.05) is 26.0 Å². The molecule has 0 fully saturated rings. The number of rotatable bonds is 0. The highest BCUT2D eigenvalue weighted by Gasteiger charge is 2.02. The molecule has 2 nitrogen and oxygen atoms in total. The van der Waals surface area contributed by atoms with Gasteiger partial charge in [0.05, 0.1) is 11.2 Å². The maximum Gasteiger partial charge on any atom is 0.147 e. The van der Waals surface area contributed by atoms with Crippen LogP contribution in [0.1, 0.15) is 11.1 Å². The molecule has 110 valence electrons. The number of anilines is 1. The van der Waals surface area contributed by atoms with Crippen LogP contribution >= 0.6 is 15.9 Å². The van der Waals surface area contributed by atoms with E-state index in [-0.39, 0.29) is 17.3 Å². The molecule has 0 spiro atoms. The maximum absolute atomic E-state index is 13.0. The van der Waals surface area contributed by atoms with Crippen molar-refractivity contribution in [3.63, 3.8) is 0 Å². The molecule has 0 radical (unpaired) electrons. The number of nitrogens with one attached hydrogen (secondary N) is 1. The Morgan fingerprint density at radius 3 is 2.29 bits per heavy atom. The first-order valence-electron chi connectivity index (χ1n) is 6.33. The molecule has 0 saturated carbocycles. The largest absolute Gasteiger partial charge is 0.395 e. The van der Waals surface area contributed by atoms with Crippen molar-refractivity contribution in [1.82, 2.24) is 4.98 Å². The summed E-state index contributed by atoms with van der Waals surface area (Å²) in [4.78, 5) is 2.84. The van der Waals surface area contributed by atoms with Crippen molar-refractivity contribution in [2.24, 2.45) is 0 Å². The van der Waals surface area contributed by atoms with Crippen molar-refractivity contribution in [3.05, 3.63) is 63.8 Å². The number of H-pyrrole nitrogens is 1. The molecule has 0 saturated heterocycles. The SMILES string of the molecule is Cc1cc(F)c(N)c(Br)c1.Cc1cc(F)c2[nH]ccc2c1. The number of benzene rings is 2. The number of hydrogen-bond acceptors (Lipinski definition) is 1. The number of fused-ring (bicyclic) bond motifs is 1. The van der Waals surface area contributed by atoms with Crippen LogP contribution in [0.2, 0.25) is 0 Å². The van der Waals surface area contributed by atoms with Gasteiger partial charge < -0.3 is 10.7 Å². The zero-order valence-electron chi connectivity index (χ0n) is 11.7. The molecule has 1 aromatic heterocycles. The molecule has 0 atom stereocenters. The van der Waals surface area contributed by atoms with Crippen molar-refractivity contribution in [2.45, 2.75) is 13.8 Å². The quantitative estimate of drug-likeness (QED) is 0.543. The summed E-state index contributed by atoms with van der Waals surface area (Å²) in [6.45, 7) is 3.70. The fourth-order valence-corrected chi connectivity index (χ4v) is 2.53. The second-order valence-electron chi connectivity index (χ2n) is 4.83. The molecule has 0 aliphatic carbocycles. The van der Waals surface area contributed by atoms with E-state index in [0.717, 1.165) is 16.5 Å². The zero-order valence-corrected chi connectivity index (χ0v) is 13.3. The van der Waals surface area contributed by atoms with E-state index in [4.69, 9.17) is 5.73 Å². The summed E-state index contributed by atoms with van der Waals surface area (Å²) in [5, 5.41) is 0.933. The Bertz CT molecular complexity index is 758. The predicted octanol–water partition coefficient (Wildman–Crippen LogP) is 5.09. The van der Waals surface area contributed by atoms with Gasteiger partial charge >= 0.3 is 0 Å². The molecule has 3 rings (SSSR count). The first-order chi connectivity index (χ1) is 9.88. The molecule has 3 N–H and O–H groups in total. The van der Waals surface area contributed by atoms with Crippen LogP contribution in [0.4, 0.5) is 14.5 Å². The van der Waals surface area contributed by atoms with Crippen LogP contribution in [0.15, 0.2) is 41.0 Å². The number of aryl methyl sites for hydroxylation is 2. The Balaban J connectivity index is 0.000000155. The minimum Gasteiger partial charge on any atom is -0.395 e. The lowest BCUT2D eigenvalue weighted by atomic mass is 10.2. The molecule has 0 aliphatic rings. The smallest absolute Gasteiger partial charge is 0.147 e. The Kier molecular flexibility index (Phi) is 4.63. The predicted molar refractivity (Wildman–Crippen MR) is 86.2 cm³/mol. The summed E-state index contributed by atoms with van der Waals surface area (Å²) in [5.41, 5.74) is 7.91. The minimum atomic E-state index is -0.369. The van der Waals surface area contributed by atoms with Gasteiger partial charge in [0, 0.05) is 16.1 Å². The van der Waals surface area contributed by atoms with Gasteiger partial charge in [-0.2, -0.15) is 0 Å². The van der Waals surface area contributed by atoms with Crippen LogP contribution in [-0.2, 0) is 0 Å². The van der Waals surface area contributed by atoms with Gasteiger partial charge in [-0.05, 0) is 71.2 Å². The third-order valence-electron chi connectivity index (χ3n) is 2.98. The Labute approximate surface area is 130 Å². The topological polar surface area (TPSA) is 41.8 Å². The molecule has 0 unspecified atom stereocenters. The van der Waals surface area contributed by atoms with Crippen LogP contribution < -0.4 is 5.73 Å². The maximum atomic E-state index is 13.0. The second-order valence-corrected chi connectivity index (χ2v) is 5.69. The monoisotopic (exact) mass is 352 g/mol. The highest BCUT2D eigenvalue weighted by atomic mass is 79.9.